The molecule has 19 heavy (non-hydrogen) atoms. The first kappa shape index (κ1) is 15.7. The van der Waals surface area contributed by atoms with Gasteiger partial charge in [0.25, 0.3) is 0 Å². The third-order valence-corrected chi connectivity index (χ3v) is 2.80. The summed E-state index contributed by atoms with van der Waals surface area (Å²) in [5, 5.41) is 2.58. The quantitative estimate of drug-likeness (QED) is 0.721. The van der Waals surface area contributed by atoms with Crippen LogP contribution in [0.2, 0.25) is 0 Å². The Kier molecular flexibility index (Phi) is 6.07. The first-order chi connectivity index (χ1) is 8.88. The van der Waals surface area contributed by atoms with Gasteiger partial charge in [-0.25, -0.2) is 5.48 Å². The number of amides is 2. The molecule has 1 aliphatic rings. The van der Waals surface area contributed by atoms with Gasteiger partial charge in [-0.3, -0.25) is 14.4 Å². The van der Waals surface area contributed by atoms with E-state index in [0.29, 0.717) is 0 Å². The summed E-state index contributed by atoms with van der Waals surface area (Å²) in [5.41, 5.74) is 1.67. The molecule has 1 aliphatic carbocycles. The van der Waals surface area contributed by atoms with Crippen LogP contribution in [0.5, 0.6) is 0 Å². The molecule has 0 heterocycles. The number of hydrogen-bond acceptors (Lipinski definition) is 3. The van der Waals surface area contributed by atoms with Crippen molar-refractivity contribution in [2.45, 2.75) is 38.3 Å². The molecule has 2 N–H and O–H groups in total. The number of hydroxylamine groups is 1. The topological polar surface area (TPSA) is 67.4 Å². The highest BCUT2D eigenvalue weighted by Gasteiger charge is 2.28. The fourth-order valence-electron chi connectivity index (χ4n) is 1.88. The van der Waals surface area contributed by atoms with Crippen molar-refractivity contribution < 1.29 is 27.6 Å². The van der Waals surface area contributed by atoms with Gasteiger partial charge in [-0.1, -0.05) is 12.8 Å². The Hall–Kier alpha value is -1.31. The van der Waals surface area contributed by atoms with Gasteiger partial charge >= 0.3 is 6.18 Å². The monoisotopic (exact) mass is 282 g/mol. The van der Waals surface area contributed by atoms with E-state index in [4.69, 9.17) is 0 Å². The van der Waals surface area contributed by atoms with E-state index in [1.165, 1.54) is 0 Å². The van der Waals surface area contributed by atoms with Gasteiger partial charge in [-0.15, -0.1) is 0 Å². The molecule has 0 aromatic carbocycles. The van der Waals surface area contributed by atoms with Crippen LogP contribution in [0.3, 0.4) is 0 Å². The summed E-state index contributed by atoms with van der Waals surface area (Å²) in [5.74, 6) is -0.790. The molecule has 0 aromatic heterocycles. The highest BCUT2D eigenvalue weighted by atomic mass is 19.4. The van der Waals surface area contributed by atoms with Gasteiger partial charge in [-0.2, -0.15) is 13.2 Å². The van der Waals surface area contributed by atoms with Crippen LogP contribution in [0.1, 0.15) is 32.1 Å². The molecular weight excluding hydrogens is 265 g/mol. The fraction of sp³-hybridized carbons (Fsp3) is 0.818. The van der Waals surface area contributed by atoms with Gasteiger partial charge < -0.3 is 5.32 Å². The van der Waals surface area contributed by atoms with Crippen molar-refractivity contribution in [3.8, 4) is 0 Å². The Labute approximate surface area is 108 Å². The standard InChI is InChI=1S/C11H17F3N2O3/c12-11(13,14)7-19-16-9(17)5-6-15-10(18)8-3-1-2-4-8/h8H,1-7H2,(H,15,18)(H,16,17). The third kappa shape index (κ3) is 7.00. The number of carbonyl (C=O) groups is 2. The number of carbonyl (C=O) groups excluding carboxylic acids is 2. The van der Waals surface area contributed by atoms with Gasteiger partial charge in [-0.05, 0) is 12.8 Å². The predicted octanol–water partition coefficient (Wildman–Crippen LogP) is 1.29. The lowest BCUT2D eigenvalue weighted by Crippen LogP contribution is -2.34. The van der Waals surface area contributed by atoms with Crippen LogP contribution in [0.15, 0.2) is 0 Å². The van der Waals surface area contributed by atoms with Gasteiger partial charge in [0.1, 0.15) is 0 Å². The highest BCUT2D eigenvalue weighted by molar-refractivity contribution is 5.80. The summed E-state index contributed by atoms with van der Waals surface area (Å²) in [6.07, 6.45) is -0.826. The second kappa shape index (κ2) is 7.32. The number of rotatable bonds is 6. The molecule has 0 spiro atoms. The zero-order valence-electron chi connectivity index (χ0n) is 10.4. The average molecular weight is 282 g/mol. The van der Waals surface area contributed by atoms with Crippen LogP contribution in [0.25, 0.3) is 0 Å². The van der Waals surface area contributed by atoms with E-state index in [1.54, 1.807) is 5.48 Å². The second-order valence-electron chi connectivity index (χ2n) is 4.45. The molecule has 1 fully saturated rings. The Balaban J connectivity index is 2.05. The zero-order valence-corrected chi connectivity index (χ0v) is 10.4. The Bertz CT molecular complexity index is 315. The molecular formula is C11H17F3N2O3. The van der Waals surface area contributed by atoms with Crippen molar-refractivity contribution in [2.75, 3.05) is 13.2 Å². The van der Waals surface area contributed by atoms with Crippen molar-refractivity contribution in [2.24, 2.45) is 5.92 Å². The largest absolute Gasteiger partial charge is 0.414 e. The maximum Gasteiger partial charge on any atom is 0.414 e. The van der Waals surface area contributed by atoms with E-state index < -0.39 is 18.7 Å². The van der Waals surface area contributed by atoms with Crippen LogP contribution in [-0.4, -0.2) is 31.1 Å². The highest BCUT2D eigenvalue weighted by Crippen LogP contribution is 2.24. The van der Waals surface area contributed by atoms with Crippen LogP contribution < -0.4 is 10.8 Å². The maximum atomic E-state index is 11.7. The van der Waals surface area contributed by atoms with E-state index in [1.807, 2.05) is 0 Å². The third-order valence-electron chi connectivity index (χ3n) is 2.80. The van der Waals surface area contributed by atoms with Crippen LogP contribution in [0, 0.1) is 5.92 Å². The molecule has 0 bridgehead atoms. The predicted molar refractivity (Wildman–Crippen MR) is 59.7 cm³/mol. The molecule has 0 unspecified atom stereocenters. The number of halogens is 3. The summed E-state index contributed by atoms with van der Waals surface area (Å²) >= 11 is 0. The van der Waals surface area contributed by atoms with Gasteiger partial charge in [0.05, 0.1) is 0 Å². The molecule has 8 heteroatoms. The molecule has 0 saturated heterocycles. The zero-order chi connectivity index (χ0) is 14.3. The molecule has 1 saturated carbocycles. The van der Waals surface area contributed by atoms with Crippen LogP contribution in [-0.2, 0) is 14.4 Å². The van der Waals surface area contributed by atoms with Crippen LogP contribution in [0.4, 0.5) is 13.2 Å². The molecule has 0 radical (unpaired) electrons. The Morgan fingerprint density at radius 1 is 1.21 bits per heavy atom. The van der Waals surface area contributed by atoms with Crippen LogP contribution >= 0.6 is 0 Å². The minimum absolute atomic E-state index is 0.00420. The summed E-state index contributed by atoms with van der Waals surface area (Å²) < 4.78 is 35.1. The Morgan fingerprint density at radius 2 is 1.84 bits per heavy atom. The summed E-state index contributed by atoms with van der Waals surface area (Å²) in [6.45, 7) is -1.44. The number of hydrogen-bond donors (Lipinski definition) is 2. The molecule has 0 atom stereocenters. The molecule has 0 aromatic rings. The second-order valence-corrected chi connectivity index (χ2v) is 4.45. The first-order valence-corrected chi connectivity index (χ1v) is 6.13. The SMILES string of the molecule is O=C(CCNC(=O)C1CCCC1)NOCC(F)(F)F. The lowest BCUT2D eigenvalue weighted by Gasteiger charge is -2.11. The van der Waals surface area contributed by atoms with Gasteiger partial charge in [0.15, 0.2) is 6.61 Å². The van der Waals surface area contributed by atoms with Crippen molar-refractivity contribution in [3.63, 3.8) is 0 Å². The van der Waals surface area contributed by atoms with E-state index in [-0.39, 0.29) is 24.8 Å². The normalized spacial score (nSPS) is 16.4. The minimum atomic E-state index is -4.48. The summed E-state index contributed by atoms with van der Waals surface area (Å²) in [7, 11) is 0. The number of alkyl halides is 3. The van der Waals surface area contributed by atoms with Crippen molar-refractivity contribution in [1.82, 2.24) is 10.8 Å². The average Bonchev–Trinajstić information content (AvgIpc) is 2.80. The lowest BCUT2D eigenvalue weighted by atomic mass is 10.1. The van der Waals surface area contributed by atoms with Gasteiger partial charge in [0.2, 0.25) is 11.8 Å². The molecule has 0 aliphatic heterocycles. The van der Waals surface area contributed by atoms with E-state index in [2.05, 4.69) is 10.2 Å². The molecule has 5 nitrogen and oxygen atoms in total. The molecule has 2 amide bonds. The van der Waals surface area contributed by atoms with E-state index >= 15 is 0 Å². The fourth-order valence-corrected chi connectivity index (χ4v) is 1.88. The van der Waals surface area contributed by atoms with E-state index in [9.17, 15) is 22.8 Å². The minimum Gasteiger partial charge on any atom is -0.355 e. The van der Waals surface area contributed by atoms with Crippen molar-refractivity contribution in [1.29, 1.82) is 0 Å². The van der Waals surface area contributed by atoms with E-state index in [0.717, 1.165) is 25.7 Å². The first-order valence-electron chi connectivity index (χ1n) is 6.13. The summed E-state index contributed by atoms with van der Waals surface area (Å²) in [4.78, 5) is 26.6. The Morgan fingerprint density at radius 3 is 2.42 bits per heavy atom. The van der Waals surface area contributed by atoms with Crippen molar-refractivity contribution in [3.05, 3.63) is 0 Å². The number of nitrogens with one attached hydrogen (secondary N) is 2. The van der Waals surface area contributed by atoms with Gasteiger partial charge in [0, 0.05) is 18.9 Å². The molecule has 1 rings (SSSR count). The maximum absolute atomic E-state index is 11.7. The smallest absolute Gasteiger partial charge is 0.355 e. The summed E-state index contributed by atoms with van der Waals surface area (Å²) in [6, 6.07) is 0. The molecule has 110 valence electrons. The lowest BCUT2D eigenvalue weighted by molar-refractivity contribution is -0.191. The van der Waals surface area contributed by atoms with Crippen molar-refractivity contribution >= 4 is 11.8 Å².